The van der Waals surface area contributed by atoms with Gasteiger partial charge in [0.1, 0.15) is 19.0 Å². The van der Waals surface area contributed by atoms with Crippen LogP contribution in [0.25, 0.3) is 0 Å². The zero-order valence-corrected chi connectivity index (χ0v) is 12.6. The van der Waals surface area contributed by atoms with E-state index in [0.717, 1.165) is 10.1 Å². The number of carbonyl (C=O) groups is 3. The van der Waals surface area contributed by atoms with E-state index in [4.69, 9.17) is 17.7 Å². The van der Waals surface area contributed by atoms with Crippen LogP contribution < -0.4 is 5.32 Å². The maximum absolute atomic E-state index is 11.9. The topological polar surface area (TPSA) is 111 Å². The third-order valence-electron chi connectivity index (χ3n) is 3.08. The summed E-state index contributed by atoms with van der Waals surface area (Å²) < 4.78 is 6.22. The molecule has 1 aromatic heterocycles. The molecule has 2 radical (unpaired) electrons. The van der Waals surface area contributed by atoms with Crippen LogP contribution in [0.3, 0.4) is 0 Å². The van der Waals surface area contributed by atoms with E-state index in [-0.39, 0.29) is 13.0 Å². The van der Waals surface area contributed by atoms with E-state index in [1.54, 1.807) is 0 Å². The highest BCUT2D eigenvalue weighted by molar-refractivity contribution is 6.57. The first-order chi connectivity index (χ1) is 11.5. The van der Waals surface area contributed by atoms with Crippen molar-refractivity contribution in [3.63, 3.8) is 0 Å². The minimum atomic E-state index is -1.25. The van der Waals surface area contributed by atoms with Crippen molar-refractivity contribution < 1.29 is 24.2 Å². The van der Waals surface area contributed by atoms with Crippen LogP contribution in [0.5, 0.6) is 0 Å². The van der Waals surface area contributed by atoms with Gasteiger partial charge in [-0.2, -0.15) is 0 Å². The van der Waals surface area contributed by atoms with Gasteiger partial charge in [0, 0.05) is 12.6 Å². The van der Waals surface area contributed by atoms with Gasteiger partial charge in [0.05, 0.1) is 5.69 Å². The number of carboxylic acids is 1. The first kappa shape index (κ1) is 17.3. The Morgan fingerprint density at radius 1 is 1.29 bits per heavy atom. The SMILES string of the molecule is [B]C(=O)N[C@@H](Cc1cn(C(=O)OCc2ccccc2)cn1)C(=O)O. The lowest BCUT2D eigenvalue weighted by molar-refractivity contribution is -0.139. The van der Waals surface area contributed by atoms with Gasteiger partial charge < -0.3 is 15.2 Å². The number of amides is 1. The summed E-state index contributed by atoms with van der Waals surface area (Å²) in [5.41, 5.74) is 1.13. The summed E-state index contributed by atoms with van der Waals surface area (Å²) in [5.74, 6) is -2.21. The van der Waals surface area contributed by atoms with Crippen LogP contribution in [-0.4, -0.2) is 46.4 Å². The highest BCUT2D eigenvalue weighted by Gasteiger charge is 2.20. The van der Waals surface area contributed by atoms with Crippen molar-refractivity contribution in [1.82, 2.24) is 14.9 Å². The Kier molecular flexibility index (Phi) is 5.72. The minimum absolute atomic E-state index is 0.105. The first-order valence-electron chi connectivity index (χ1n) is 6.98. The summed E-state index contributed by atoms with van der Waals surface area (Å²) in [5, 5.41) is 11.1. The van der Waals surface area contributed by atoms with Gasteiger partial charge in [0.15, 0.2) is 5.81 Å². The largest absolute Gasteiger partial charge is 0.480 e. The molecule has 0 aliphatic rings. The first-order valence-corrected chi connectivity index (χ1v) is 6.98. The molecule has 1 atom stereocenters. The third-order valence-corrected chi connectivity index (χ3v) is 3.08. The molecule has 1 heterocycles. The normalized spacial score (nSPS) is 11.5. The number of benzene rings is 1. The van der Waals surface area contributed by atoms with Crippen LogP contribution in [0, 0.1) is 0 Å². The number of nitrogens with zero attached hydrogens (tertiary/aromatic N) is 2. The maximum atomic E-state index is 11.9. The molecule has 0 fully saturated rings. The number of rotatable bonds is 6. The van der Waals surface area contributed by atoms with Crippen molar-refractivity contribution in [2.45, 2.75) is 19.1 Å². The second-order valence-corrected chi connectivity index (χ2v) is 4.92. The van der Waals surface area contributed by atoms with Crippen LogP contribution in [0.1, 0.15) is 11.3 Å². The summed E-state index contributed by atoms with van der Waals surface area (Å²) >= 11 is 0. The fraction of sp³-hybridized carbons (Fsp3) is 0.200. The molecular weight excluding hydrogens is 313 g/mol. The lowest BCUT2D eigenvalue weighted by Gasteiger charge is -2.11. The Morgan fingerprint density at radius 3 is 2.62 bits per heavy atom. The second kappa shape index (κ2) is 7.95. The Morgan fingerprint density at radius 2 is 2.00 bits per heavy atom. The summed E-state index contributed by atoms with van der Waals surface area (Å²) in [6.45, 7) is 0.105. The summed E-state index contributed by atoms with van der Waals surface area (Å²) in [6, 6.07) is 7.92. The zero-order chi connectivity index (χ0) is 17.5. The predicted octanol–water partition coefficient (Wildman–Crippen LogP) is 0.942. The monoisotopic (exact) mass is 327 g/mol. The van der Waals surface area contributed by atoms with Gasteiger partial charge in [0.25, 0.3) is 0 Å². The molecule has 0 saturated carbocycles. The van der Waals surface area contributed by atoms with Crippen molar-refractivity contribution in [2.75, 3.05) is 0 Å². The summed E-state index contributed by atoms with van der Waals surface area (Å²) in [4.78, 5) is 37.7. The molecule has 0 aliphatic carbocycles. The van der Waals surface area contributed by atoms with E-state index in [9.17, 15) is 14.4 Å². The molecule has 8 nitrogen and oxygen atoms in total. The molecule has 0 spiro atoms. The quantitative estimate of drug-likeness (QED) is 0.764. The molecule has 1 aromatic carbocycles. The van der Waals surface area contributed by atoms with Gasteiger partial charge >= 0.3 is 12.1 Å². The van der Waals surface area contributed by atoms with Gasteiger partial charge in [-0.15, -0.1) is 0 Å². The van der Waals surface area contributed by atoms with Gasteiger partial charge in [-0.1, -0.05) is 30.3 Å². The molecule has 2 rings (SSSR count). The highest BCUT2D eigenvalue weighted by Crippen LogP contribution is 2.05. The van der Waals surface area contributed by atoms with Crippen molar-refractivity contribution in [3.05, 3.63) is 54.1 Å². The number of nitrogens with one attached hydrogen (secondary N) is 1. The minimum Gasteiger partial charge on any atom is -0.480 e. The fourth-order valence-electron chi connectivity index (χ4n) is 1.94. The molecule has 2 aromatic rings. The number of aliphatic carboxylic acids is 1. The molecule has 0 saturated heterocycles. The molecule has 0 unspecified atom stereocenters. The van der Waals surface area contributed by atoms with Crippen LogP contribution in [-0.2, 0) is 22.6 Å². The Balaban J connectivity index is 1.95. The molecule has 9 heteroatoms. The number of hydrogen-bond acceptors (Lipinski definition) is 5. The van der Waals surface area contributed by atoms with E-state index >= 15 is 0 Å². The van der Waals surface area contributed by atoms with Crippen molar-refractivity contribution in [2.24, 2.45) is 0 Å². The summed E-state index contributed by atoms with van der Waals surface area (Å²) in [6.07, 6.45) is 1.79. The Hall–Kier alpha value is -3.10. The standard InChI is InChI=1S/C15H14BN3O5/c16-14(22)18-12(13(20)21)6-11-7-19(9-17-11)15(23)24-8-10-4-2-1-3-5-10/h1-5,7,9,12H,6,8H2,(H,18,22)(H,20,21)/t12-/m0/s1. The van der Waals surface area contributed by atoms with Gasteiger partial charge in [-0.05, 0) is 5.56 Å². The molecular formula is C15H14BN3O5. The van der Waals surface area contributed by atoms with E-state index in [1.807, 2.05) is 30.3 Å². The molecule has 2 N–H and O–H groups in total. The van der Waals surface area contributed by atoms with Crippen LogP contribution >= 0.6 is 0 Å². The number of ether oxygens (including phenoxy) is 1. The number of hydrogen-bond donors (Lipinski definition) is 2. The van der Waals surface area contributed by atoms with Crippen LogP contribution in [0.4, 0.5) is 9.59 Å². The number of aromatic nitrogens is 2. The Labute approximate surface area is 138 Å². The smallest absolute Gasteiger partial charge is 0.419 e. The maximum Gasteiger partial charge on any atom is 0.419 e. The van der Waals surface area contributed by atoms with E-state index in [2.05, 4.69) is 10.3 Å². The van der Waals surface area contributed by atoms with Crippen LogP contribution in [0.15, 0.2) is 42.9 Å². The predicted molar refractivity (Wildman–Crippen MR) is 83.7 cm³/mol. The molecule has 24 heavy (non-hydrogen) atoms. The van der Waals surface area contributed by atoms with Gasteiger partial charge in [0.2, 0.25) is 7.85 Å². The van der Waals surface area contributed by atoms with Crippen LogP contribution in [0.2, 0.25) is 0 Å². The average molecular weight is 327 g/mol. The molecule has 0 aliphatic heterocycles. The van der Waals surface area contributed by atoms with Crippen molar-refractivity contribution in [1.29, 1.82) is 0 Å². The molecule has 122 valence electrons. The number of carboxylic acid groups (broad SMARTS) is 1. The van der Waals surface area contributed by atoms with Gasteiger partial charge in [-0.3, -0.25) is 4.79 Å². The van der Waals surface area contributed by atoms with E-state index in [1.165, 1.54) is 12.5 Å². The summed E-state index contributed by atoms with van der Waals surface area (Å²) in [7, 11) is 4.92. The third kappa shape index (κ3) is 4.97. The lowest BCUT2D eigenvalue weighted by Crippen LogP contribution is -2.41. The van der Waals surface area contributed by atoms with Gasteiger partial charge in [-0.25, -0.2) is 19.1 Å². The lowest BCUT2D eigenvalue weighted by atomic mass is 10.1. The zero-order valence-electron chi connectivity index (χ0n) is 12.6. The van der Waals surface area contributed by atoms with E-state index < -0.39 is 23.9 Å². The molecule has 1 amide bonds. The fourth-order valence-corrected chi connectivity index (χ4v) is 1.94. The molecule has 0 bridgehead atoms. The van der Waals surface area contributed by atoms with Crippen molar-refractivity contribution >= 4 is 25.7 Å². The number of imidazole rings is 1. The second-order valence-electron chi connectivity index (χ2n) is 4.92. The average Bonchev–Trinajstić information content (AvgIpc) is 3.01. The van der Waals surface area contributed by atoms with Crippen molar-refractivity contribution in [3.8, 4) is 0 Å². The highest BCUT2D eigenvalue weighted by atomic mass is 16.5. The van der Waals surface area contributed by atoms with E-state index in [0.29, 0.717) is 5.69 Å². The Bertz CT molecular complexity index is 732. The number of carbonyl (C=O) groups excluding carboxylic acids is 2.